The molecule has 0 aliphatic heterocycles. The molecule has 1 amide bonds. The van der Waals surface area contributed by atoms with Gasteiger partial charge in [-0.05, 0) is 103 Å². The molecule has 0 spiro atoms. The minimum Gasteiger partial charge on any atom is -0.462 e. The number of nitrogens with one attached hydrogen (secondary N) is 1. The summed E-state index contributed by atoms with van der Waals surface area (Å²) in [5, 5.41) is 23.8. The number of rotatable bonds is 48. The van der Waals surface area contributed by atoms with Crippen molar-refractivity contribution in [3.8, 4) is 0 Å². The number of carbonyl (C=O) groups is 2. The van der Waals surface area contributed by atoms with E-state index in [9.17, 15) is 19.8 Å². The zero-order valence-corrected chi connectivity index (χ0v) is 43.0. The Bertz CT molecular complexity index is 1310. The zero-order valence-electron chi connectivity index (χ0n) is 43.0. The Kier molecular flexibility index (Phi) is 50.2. The maximum atomic E-state index is 13.2. The Morgan fingerprint density at radius 2 is 0.818 bits per heavy atom. The average Bonchev–Trinajstić information content (AvgIpc) is 3.31. The van der Waals surface area contributed by atoms with Gasteiger partial charge in [-0.2, -0.15) is 0 Å². The molecule has 66 heavy (non-hydrogen) atoms. The van der Waals surface area contributed by atoms with Gasteiger partial charge < -0.3 is 20.3 Å². The highest BCUT2D eigenvalue weighted by Crippen LogP contribution is 2.17. The minimum absolute atomic E-state index is 0.0440. The monoisotopic (exact) mass is 918 g/mol. The first-order valence-electron chi connectivity index (χ1n) is 27.5. The fraction of sp³-hybridized carbons (Fsp3) is 0.700. The number of esters is 1. The molecule has 0 aromatic rings. The van der Waals surface area contributed by atoms with Crippen molar-refractivity contribution in [2.75, 3.05) is 6.61 Å². The van der Waals surface area contributed by atoms with Crippen LogP contribution in [0.5, 0.6) is 0 Å². The van der Waals surface area contributed by atoms with Crippen molar-refractivity contribution in [3.63, 3.8) is 0 Å². The first-order chi connectivity index (χ1) is 32.5. The van der Waals surface area contributed by atoms with Gasteiger partial charge in [-0.3, -0.25) is 9.59 Å². The molecule has 0 aliphatic carbocycles. The summed E-state index contributed by atoms with van der Waals surface area (Å²) < 4.78 is 5.93. The van der Waals surface area contributed by atoms with Crippen molar-refractivity contribution in [1.29, 1.82) is 0 Å². The predicted molar refractivity (Wildman–Crippen MR) is 287 cm³/mol. The molecule has 0 rings (SSSR count). The lowest BCUT2D eigenvalue weighted by Gasteiger charge is -2.24. The third-order valence-corrected chi connectivity index (χ3v) is 11.9. The standard InChI is InChI=1S/C60H103NO5/c1-4-7-10-13-16-19-22-25-28-29-30-31-32-35-38-41-44-47-50-53-60(65)66-56(51-48-45-42-39-36-33-26-23-20-17-14-11-8-5-2)54-59(64)61-57(55-62)58(63)52-49-46-43-40-37-34-27-24-21-18-15-12-9-6-3/h7-8,10-11,16-17,19-20,25-26,28,30-31,33,35,38,56-58,62-63H,4-6,9,12-15,18,21-24,27,29,32,34,36-37,39-55H2,1-3H3,(H,61,64)/b10-7-,11-8+,19-16-,20-17+,28-25-,31-30-,33-26+,38-35-. The minimum atomic E-state index is -0.806. The average molecular weight is 918 g/mol. The molecule has 6 nitrogen and oxygen atoms in total. The largest absolute Gasteiger partial charge is 0.462 e. The number of hydrogen-bond acceptors (Lipinski definition) is 5. The Morgan fingerprint density at radius 1 is 0.455 bits per heavy atom. The van der Waals surface area contributed by atoms with Crippen LogP contribution in [-0.4, -0.2) is 46.9 Å². The molecule has 3 N–H and O–H groups in total. The van der Waals surface area contributed by atoms with Crippen LogP contribution in [0.3, 0.4) is 0 Å². The molecule has 0 bridgehead atoms. The van der Waals surface area contributed by atoms with Crippen molar-refractivity contribution in [2.45, 2.75) is 264 Å². The van der Waals surface area contributed by atoms with Crippen LogP contribution in [0, 0.1) is 0 Å². The highest BCUT2D eigenvalue weighted by Gasteiger charge is 2.24. The number of ether oxygens (including phenoxy) is 1. The molecule has 0 radical (unpaired) electrons. The number of allylic oxidation sites excluding steroid dienone is 16. The Morgan fingerprint density at radius 3 is 1.24 bits per heavy atom. The van der Waals surface area contributed by atoms with Crippen molar-refractivity contribution in [2.24, 2.45) is 0 Å². The van der Waals surface area contributed by atoms with Gasteiger partial charge >= 0.3 is 5.97 Å². The van der Waals surface area contributed by atoms with Gasteiger partial charge in [-0.15, -0.1) is 0 Å². The van der Waals surface area contributed by atoms with E-state index in [-0.39, 0.29) is 24.9 Å². The van der Waals surface area contributed by atoms with E-state index in [0.29, 0.717) is 19.3 Å². The van der Waals surface area contributed by atoms with Gasteiger partial charge in [-0.1, -0.05) is 227 Å². The van der Waals surface area contributed by atoms with E-state index in [0.717, 1.165) is 128 Å². The first kappa shape index (κ1) is 62.8. The normalized spacial score (nSPS) is 14.0. The van der Waals surface area contributed by atoms with Crippen LogP contribution in [0.15, 0.2) is 97.2 Å². The molecule has 6 heteroatoms. The van der Waals surface area contributed by atoms with E-state index >= 15 is 0 Å². The van der Waals surface area contributed by atoms with Gasteiger partial charge in [0.1, 0.15) is 6.10 Å². The van der Waals surface area contributed by atoms with E-state index in [2.05, 4.69) is 123 Å². The Labute approximate surface area is 407 Å². The van der Waals surface area contributed by atoms with Gasteiger partial charge in [0.05, 0.1) is 25.2 Å². The molecule has 0 aromatic heterocycles. The van der Waals surface area contributed by atoms with Crippen LogP contribution in [0.2, 0.25) is 0 Å². The van der Waals surface area contributed by atoms with Crippen LogP contribution < -0.4 is 5.32 Å². The lowest BCUT2D eigenvalue weighted by Crippen LogP contribution is -2.46. The Hall–Kier alpha value is -3.22. The third-order valence-electron chi connectivity index (χ3n) is 11.9. The summed E-state index contributed by atoms with van der Waals surface area (Å²) in [4.78, 5) is 26.2. The smallest absolute Gasteiger partial charge is 0.306 e. The summed E-state index contributed by atoms with van der Waals surface area (Å²) in [7, 11) is 0. The first-order valence-corrected chi connectivity index (χ1v) is 27.5. The molecule has 378 valence electrons. The molecule has 0 saturated carbocycles. The van der Waals surface area contributed by atoms with E-state index in [1.807, 2.05) is 0 Å². The number of aliphatic hydroxyl groups excluding tert-OH is 2. The number of aliphatic hydroxyl groups is 2. The quantitative estimate of drug-likeness (QED) is 0.0321. The van der Waals surface area contributed by atoms with E-state index in [4.69, 9.17) is 4.74 Å². The Balaban J connectivity index is 4.66. The number of amides is 1. The van der Waals surface area contributed by atoms with Crippen LogP contribution in [0.25, 0.3) is 0 Å². The van der Waals surface area contributed by atoms with Crippen molar-refractivity contribution in [3.05, 3.63) is 97.2 Å². The predicted octanol–water partition coefficient (Wildman–Crippen LogP) is 16.9. The van der Waals surface area contributed by atoms with Crippen LogP contribution in [0.4, 0.5) is 0 Å². The summed E-state index contributed by atoms with van der Waals surface area (Å²) in [5.74, 6) is -0.538. The fourth-order valence-electron chi connectivity index (χ4n) is 7.82. The summed E-state index contributed by atoms with van der Waals surface area (Å²) in [6, 6.07) is -0.722. The highest BCUT2D eigenvalue weighted by atomic mass is 16.5. The summed E-state index contributed by atoms with van der Waals surface area (Å²) in [6.45, 7) is 6.25. The van der Waals surface area contributed by atoms with Gasteiger partial charge in [0.25, 0.3) is 0 Å². The van der Waals surface area contributed by atoms with Crippen LogP contribution >= 0.6 is 0 Å². The number of hydrogen-bond donors (Lipinski definition) is 3. The molecular weight excluding hydrogens is 815 g/mol. The number of carbonyl (C=O) groups excluding carboxylic acids is 2. The molecule has 0 aliphatic rings. The van der Waals surface area contributed by atoms with Gasteiger partial charge in [-0.25, -0.2) is 0 Å². The van der Waals surface area contributed by atoms with Gasteiger partial charge in [0.2, 0.25) is 5.91 Å². The van der Waals surface area contributed by atoms with Crippen molar-refractivity contribution < 1.29 is 24.5 Å². The SMILES string of the molecule is CC/C=C\C/C=C\C/C=C\C/C=C\C/C=C\CCCCCC(=O)OC(CCCCCC/C=C/C/C=C/C/C=C/CC)CC(=O)NC(CO)C(O)CCCCCCCCCCCCCCCC. The fourth-order valence-corrected chi connectivity index (χ4v) is 7.82. The molecule has 0 fully saturated rings. The highest BCUT2D eigenvalue weighted by molar-refractivity contribution is 5.77. The zero-order chi connectivity index (χ0) is 48.1. The summed E-state index contributed by atoms with van der Waals surface area (Å²) >= 11 is 0. The maximum absolute atomic E-state index is 13.2. The number of unbranched alkanes of at least 4 members (excludes halogenated alkanes) is 20. The molecule has 0 aromatic carbocycles. The summed E-state index contributed by atoms with van der Waals surface area (Å²) in [5.41, 5.74) is 0. The van der Waals surface area contributed by atoms with E-state index in [1.54, 1.807) is 0 Å². The van der Waals surface area contributed by atoms with Crippen molar-refractivity contribution >= 4 is 11.9 Å². The molecular formula is C60H103NO5. The second kappa shape index (κ2) is 52.7. The van der Waals surface area contributed by atoms with Crippen LogP contribution in [-0.2, 0) is 14.3 Å². The second-order valence-corrected chi connectivity index (χ2v) is 18.2. The van der Waals surface area contributed by atoms with E-state index in [1.165, 1.54) is 70.6 Å². The molecule has 3 atom stereocenters. The lowest BCUT2D eigenvalue weighted by molar-refractivity contribution is -0.151. The molecule has 0 saturated heterocycles. The van der Waals surface area contributed by atoms with Crippen LogP contribution in [0.1, 0.15) is 245 Å². The van der Waals surface area contributed by atoms with Gasteiger partial charge in [0.15, 0.2) is 0 Å². The topological polar surface area (TPSA) is 95.9 Å². The van der Waals surface area contributed by atoms with Crippen molar-refractivity contribution in [1.82, 2.24) is 5.32 Å². The van der Waals surface area contributed by atoms with Gasteiger partial charge in [0, 0.05) is 6.42 Å². The third kappa shape index (κ3) is 47.3. The van der Waals surface area contributed by atoms with E-state index < -0.39 is 18.2 Å². The summed E-state index contributed by atoms with van der Waals surface area (Å²) in [6.07, 6.45) is 70.4. The molecule has 0 heterocycles. The second-order valence-electron chi connectivity index (χ2n) is 18.2. The molecule has 3 unspecified atom stereocenters. The lowest BCUT2D eigenvalue weighted by atomic mass is 10.0. The maximum Gasteiger partial charge on any atom is 0.306 e.